The summed E-state index contributed by atoms with van der Waals surface area (Å²) in [5, 5.41) is 9.38. The molecule has 0 radical (unpaired) electrons. The molecule has 24 heavy (non-hydrogen) atoms. The van der Waals surface area contributed by atoms with Gasteiger partial charge in [0, 0.05) is 10.6 Å². The van der Waals surface area contributed by atoms with E-state index >= 15 is 0 Å². The first-order valence-corrected chi connectivity index (χ1v) is 8.16. The van der Waals surface area contributed by atoms with Gasteiger partial charge in [-0.05, 0) is 36.4 Å². The molecule has 1 heterocycles. The molecular weight excluding hydrogens is 328 g/mol. The maximum absolute atomic E-state index is 12.9. The highest BCUT2D eigenvalue weighted by atomic mass is 32.2. The lowest BCUT2D eigenvalue weighted by atomic mass is 10.2. The highest BCUT2D eigenvalue weighted by Crippen LogP contribution is 2.43. The summed E-state index contributed by atoms with van der Waals surface area (Å²) in [5.74, 6) is 0.509. The van der Waals surface area contributed by atoms with Crippen molar-refractivity contribution in [2.45, 2.75) is 10.1 Å². The molecule has 2 amide bonds. The van der Waals surface area contributed by atoms with Crippen LogP contribution in [0.25, 0.3) is 0 Å². The molecule has 1 unspecified atom stereocenters. The summed E-state index contributed by atoms with van der Waals surface area (Å²) in [4.78, 5) is 26.1. The van der Waals surface area contributed by atoms with Crippen LogP contribution in [0.4, 0.5) is 11.4 Å². The molecule has 124 valence electrons. The minimum absolute atomic E-state index is 0.0754. The average Bonchev–Trinajstić information content (AvgIpc) is 2.62. The highest BCUT2D eigenvalue weighted by Gasteiger charge is 2.35. The summed E-state index contributed by atoms with van der Waals surface area (Å²) in [7, 11) is 1.58. The number of hydroxylamine groups is 2. The molecule has 0 aliphatic carbocycles. The van der Waals surface area contributed by atoms with Gasteiger partial charge in [-0.2, -0.15) is 0 Å². The molecule has 7 heteroatoms. The second kappa shape index (κ2) is 6.94. The molecule has 0 saturated heterocycles. The second-order valence-corrected chi connectivity index (χ2v) is 6.42. The number of anilines is 2. The van der Waals surface area contributed by atoms with Crippen LogP contribution in [0, 0.1) is 0 Å². The fraction of sp³-hybridized carbons (Fsp3) is 0.176. The normalized spacial score (nSPS) is 16.5. The van der Waals surface area contributed by atoms with Crippen LogP contribution in [-0.4, -0.2) is 41.5 Å². The Morgan fingerprint density at radius 2 is 1.96 bits per heavy atom. The monoisotopic (exact) mass is 344 g/mol. The van der Waals surface area contributed by atoms with Crippen molar-refractivity contribution in [2.75, 3.05) is 18.6 Å². The summed E-state index contributed by atoms with van der Waals surface area (Å²) < 4.78 is 5.15. The molecule has 1 N–H and O–H groups in total. The Morgan fingerprint density at radius 3 is 2.62 bits per heavy atom. The number of rotatable bonds is 5. The Balaban J connectivity index is 2.00. The number of carbonyl (C=O) groups excluding carboxylic acids is 2. The number of carbonyl (C=O) groups is 2. The van der Waals surface area contributed by atoms with Crippen molar-refractivity contribution in [2.24, 2.45) is 0 Å². The van der Waals surface area contributed by atoms with Gasteiger partial charge in [0.05, 0.1) is 19.3 Å². The molecule has 6 nitrogen and oxygen atoms in total. The highest BCUT2D eigenvalue weighted by molar-refractivity contribution is 8.01. The van der Waals surface area contributed by atoms with Crippen molar-refractivity contribution < 1.29 is 19.5 Å². The number of hydrogen-bond donors (Lipinski definition) is 1. The summed E-state index contributed by atoms with van der Waals surface area (Å²) in [5.41, 5.74) is 1.48. The van der Waals surface area contributed by atoms with Crippen LogP contribution in [0.3, 0.4) is 0 Å². The van der Waals surface area contributed by atoms with Crippen LogP contribution in [0.15, 0.2) is 53.4 Å². The van der Waals surface area contributed by atoms with Crippen molar-refractivity contribution in [3.63, 3.8) is 0 Å². The van der Waals surface area contributed by atoms with Crippen molar-refractivity contribution >= 4 is 35.5 Å². The largest absolute Gasteiger partial charge is 0.497 e. The molecule has 0 spiro atoms. The fourth-order valence-corrected chi connectivity index (χ4v) is 3.71. The van der Waals surface area contributed by atoms with Gasteiger partial charge in [0.1, 0.15) is 11.0 Å². The van der Waals surface area contributed by atoms with E-state index in [0.717, 1.165) is 10.6 Å². The Bertz CT molecular complexity index is 751. The first-order valence-electron chi connectivity index (χ1n) is 7.28. The summed E-state index contributed by atoms with van der Waals surface area (Å²) >= 11 is 1.34. The van der Waals surface area contributed by atoms with Crippen LogP contribution < -0.4 is 9.64 Å². The van der Waals surface area contributed by atoms with Gasteiger partial charge in [-0.15, -0.1) is 11.8 Å². The van der Waals surface area contributed by atoms with E-state index in [4.69, 9.17) is 4.74 Å². The third-order valence-corrected chi connectivity index (χ3v) is 4.91. The van der Waals surface area contributed by atoms with Gasteiger partial charge >= 0.3 is 0 Å². The summed E-state index contributed by atoms with van der Waals surface area (Å²) in [6.07, 6.45) is 0.298. The molecule has 0 fully saturated rings. The number of ether oxygens (including phenoxy) is 1. The van der Waals surface area contributed by atoms with Crippen molar-refractivity contribution in [3.05, 3.63) is 48.5 Å². The molecular formula is C17H16N2O4S. The third kappa shape index (κ3) is 3.08. The second-order valence-electron chi connectivity index (χ2n) is 5.17. The molecule has 1 aliphatic heterocycles. The topological polar surface area (TPSA) is 70.1 Å². The molecule has 3 rings (SSSR count). The van der Waals surface area contributed by atoms with Crippen molar-refractivity contribution in [1.82, 2.24) is 5.06 Å². The van der Waals surface area contributed by atoms with Crippen LogP contribution in [-0.2, 0) is 9.59 Å². The van der Waals surface area contributed by atoms with Crippen LogP contribution in [0.5, 0.6) is 5.75 Å². The van der Waals surface area contributed by atoms with E-state index in [0.29, 0.717) is 22.9 Å². The maximum atomic E-state index is 12.9. The number of hydrogen-bond acceptors (Lipinski definition) is 5. The van der Waals surface area contributed by atoms with Gasteiger partial charge < -0.3 is 4.74 Å². The average molecular weight is 344 g/mol. The minimum atomic E-state index is -0.586. The first kappa shape index (κ1) is 16.4. The molecule has 0 aromatic heterocycles. The SMILES string of the molecule is COc1ccc(N2C(=O)C(CN(O)C=O)Sc3ccccc32)cc1. The van der Waals surface area contributed by atoms with Gasteiger partial charge in [-0.25, -0.2) is 5.06 Å². The van der Waals surface area contributed by atoms with E-state index in [1.165, 1.54) is 11.8 Å². The molecule has 0 saturated carbocycles. The number of fused-ring (bicyclic) bond motifs is 1. The number of benzene rings is 2. The summed E-state index contributed by atoms with van der Waals surface area (Å²) in [6.45, 7) is -0.0754. The van der Waals surface area contributed by atoms with E-state index < -0.39 is 5.25 Å². The smallest absolute Gasteiger partial charge is 0.246 e. The van der Waals surface area contributed by atoms with Gasteiger partial charge in [0.15, 0.2) is 0 Å². The maximum Gasteiger partial charge on any atom is 0.246 e. The predicted molar refractivity (Wildman–Crippen MR) is 90.8 cm³/mol. The molecule has 0 bridgehead atoms. The number of nitrogens with zero attached hydrogens (tertiary/aromatic N) is 2. The zero-order valence-electron chi connectivity index (χ0n) is 13.0. The standard InChI is InChI=1S/C17H16N2O4S/c1-23-13-8-6-12(7-9-13)19-14-4-2-3-5-15(14)24-16(17(19)21)10-18(22)11-20/h2-9,11,16,22H,10H2,1H3. The molecule has 2 aromatic carbocycles. The number of para-hydroxylation sites is 1. The molecule has 1 aliphatic rings. The van der Waals surface area contributed by atoms with E-state index in [1.807, 2.05) is 24.3 Å². The molecule has 2 aromatic rings. The zero-order valence-corrected chi connectivity index (χ0v) is 13.8. The van der Waals surface area contributed by atoms with Gasteiger partial charge in [-0.3, -0.25) is 19.7 Å². The van der Waals surface area contributed by atoms with E-state index in [2.05, 4.69) is 0 Å². The van der Waals surface area contributed by atoms with Gasteiger partial charge in [0.2, 0.25) is 12.3 Å². The van der Waals surface area contributed by atoms with Crippen LogP contribution in [0.2, 0.25) is 0 Å². The van der Waals surface area contributed by atoms with Crippen molar-refractivity contribution in [3.8, 4) is 5.75 Å². The quantitative estimate of drug-likeness (QED) is 0.513. The summed E-state index contributed by atoms with van der Waals surface area (Å²) in [6, 6.07) is 14.7. The van der Waals surface area contributed by atoms with Crippen molar-refractivity contribution in [1.29, 1.82) is 0 Å². The van der Waals surface area contributed by atoms with E-state index in [-0.39, 0.29) is 12.5 Å². The van der Waals surface area contributed by atoms with E-state index in [1.54, 1.807) is 36.3 Å². The number of amides is 2. The number of thioether (sulfide) groups is 1. The lowest BCUT2D eigenvalue weighted by Crippen LogP contribution is -2.43. The Labute approximate surface area is 143 Å². The zero-order chi connectivity index (χ0) is 17.1. The van der Waals surface area contributed by atoms with Gasteiger partial charge in [-0.1, -0.05) is 12.1 Å². The number of methoxy groups -OCH3 is 1. The molecule has 1 atom stereocenters. The first-order chi connectivity index (χ1) is 11.6. The lowest BCUT2D eigenvalue weighted by Gasteiger charge is -2.34. The van der Waals surface area contributed by atoms with Gasteiger partial charge in [0.25, 0.3) is 0 Å². The third-order valence-electron chi connectivity index (χ3n) is 3.68. The fourth-order valence-electron chi connectivity index (χ4n) is 2.53. The Kier molecular flexibility index (Phi) is 4.73. The Hall–Kier alpha value is -2.51. The predicted octanol–water partition coefficient (Wildman–Crippen LogP) is 2.68. The van der Waals surface area contributed by atoms with Crippen LogP contribution >= 0.6 is 11.8 Å². The Morgan fingerprint density at radius 1 is 1.25 bits per heavy atom. The minimum Gasteiger partial charge on any atom is -0.497 e. The lowest BCUT2D eigenvalue weighted by molar-refractivity contribution is -0.150. The van der Waals surface area contributed by atoms with E-state index in [9.17, 15) is 14.8 Å². The van der Waals surface area contributed by atoms with Crippen LogP contribution in [0.1, 0.15) is 0 Å².